The Labute approximate surface area is 192 Å². The first-order valence-corrected chi connectivity index (χ1v) is 10.7. The molecule has 0 unspecified atom stereocenters. The van der Waals surface area contributed by atoms with Crippen LogP contribution in [0.4, 0.5) is 17.6 Å². The lowest BCUT2D eigenvalue weighted by Gasteiger charge is -2.10. The highest BCUT2D eigenvalue weighted by Crippen LogP contribution is 2.45. The molecule has 1 aliphatic rings. The van der Waals surface area contributed by atoms with Crippen molar-refractivity contribution in [3.63, 3.8) is 0 Å². The minimum absolute atomic E-state index is 0.224. The van der Waals surface area contributed by atoms with Crippen LogP contribution in [0.15, 0.2) is 42.9 Å². The van der Waals surface area contributed by atoms with E-state index in [2.05, 4.69) is 20.1 Å². The number of H-pyrrole nitrogens is 1. The number of ether oxygens (including phenoxy) is 1. The van der Waals surface area contributed by atoms with E-state index in [-0.39, 0.29) is 17.8 Å². The second-order valence-electron chi connectivity index (χ2n) is 8.36. The molecule has 0 radical (unpaired) electrons. The maximum atomic E-state index is 14.9. The number of aromatic nitrogens is 5. The summed E-state index contributed by atoms with van der Waals surface area (Å²) in [7, 11) is 1.56. The molecule has 176 valence electrons. The fourth-order valence-corrected chi connectivity index (χ4v) is 4.05. The molecule has 1 aromatic carbocycles. The van der Waals surface area contributed by atoms with Crippen molar-refractivity contribution in [2.75, 3.05) is 7.11 Å². The quantitative estimate of drug-likeness (QED) is 0.372. The summed E-state index contributed by atoms with van der Waals surface area (Å²) >= 11 is 0. The van der Waals surface area contributed by atoms with Crippen molar-refractivity contribution in [3.8, 4) is 22.7 Å². The number of halogens is 4. The first kappa shape index (κ1) is 22.1. The van der Waals surface area contributed by atoms with Crippen molar-refractivity contribution >= 4 is 0 Å². The predicted molar refractivity (Wildman–Crippen MR) is 116 cm³/mol. The van der Waals surface area contributed by atoms with Gasteiger partial charge >= 0.3 is 6.18 Å². The van der Waals surface area contributed by atoms with Gasteiger partial charge in [0.05, 0.1) is 24.1 Å². The highest BCUT2D eigenvalue weighted by molar-refractivity contribution is 5.72. The van der Waals surface area contributed by atoms with Gasteiger partial charge in [-0.25, -0.2) is 19.0 Å². The zero-order valence-corrected chi connectivity index (χ0v) is 18.4. The lowest BCUT2D eigenvalue weighted by Crippen LogP contribution is -2.07. The number of rotatable bonds is 6. The third kappa shape index (κ3) is 4.15. The van der Waals surface area contributed by atoms with Crippen molar-refractivity contribution in [2.45, 2.75) is 38.3 Å². The first-order valence-electron chi connectivity index (χ1n) is 10.7. The Kier molecular flexibility index (Phi) is 5.38. The van der Waals surface area contributed by atoms with E-state index in [4.69, 9.17) is 4.74 Å². The molecule has 0 bridgehead atoms. The zero-order chi connectivity index (χ0) is 24.0. The van der Waals surface area contributed by atoms with Gasteiger partial charge in [-0.1, -0.05) is 6.07 Å². The fraction of sp³-hybridized carbons (Fsp3) is 0.292. The average Bonchev–Trinajstić information content (AvgIpc) is 3.41. The number of nitrogens with zero attached hydrogens (tertiary/aromatic N) is 4. The predicted octanol–water partition coefficient (Wildman–Crippen LogP) is 5.60. The lowest BCUT2D eigenvalue weighted by atomic mass is 10.0. The summed E-state index contributed by atoms with van der Waals surface area (Å²) in [6.07, 6.45) is 1.17. The van der Waals surface area contributed by atoms with Gasteiger partial charge in [0.15, 0.2) is 5.69 Å². The van der Waals surface area contributed by atoms with E-state index in [0.717, 1.165) is 46.1 Å². The molecule has 1 saturated carbocycles. The molecule has 34 heavy (non-hydrogen) atoms. The Morgan fingerprint density at radius 1 is 1.15 bits per heavy atom. The molecule has 1 fully saturated rings. The van der Waals surface area contributed by atoms with Crippen molar-refractivity contribution in [1.82, 2.24) is 24.7 Å². The van der Waals surface area contributed by atoms with Crippen LogP contribution in [-0.4, -0.2) is 31.8 Å². The number of benzene rings is 1. The summed E-state index contributed by atoms with van der Waals surface area (Å²) in [5.74, 6) is 0.348. The van der Waals surface area contributed by atoms with E-state index in [1.54, 1.807) is 19.2 Å². The van der Waals surface area contributed by atoms with Gasteiger partial charge < -0.3 is 9.72 Å². The standard InChI is InChI=1S/C24H21F4N5O/c1-13-7-20(24(26,27)28)32-33(13)18-6-5-15(19(25)10-18)8-17-9-16(11-29-17)21-22(14-3-4-14)30-12-31-23(21)34-2/h5-7,9-12,14,29H,3-4,8H2,1-2H3. The Bertz CT molecular complexity index is 1350. The molecule has 4 aromatic rings. The maximum absolute atomic E-state index is 14.9. The molecule has 6 nitrogen and oxygen atoms in total. The molecule has 0 atom stereocenters. The number of nitrogens with one attached hydrogen (secondary N) is 1. The highest BCUT2D eigenvalue weighted by atomic mass is 19.4. The van der Waals surface area contributed by atoms with Gasteiger partial charge in [-0.05, 0) is 49.6 Å². The van der Waals surface area contributed by atoms with Gasteiger partial charge in [-0.15, -0.1) is 0 Å². The molecule has 1 aliphatic carbocycles. The number of aromatic amines is 1. The smallest absolute Gasteiger partial charge is 0.435 e. The molecule has 0 aliphatic heterocycles. The third-order valence-corrected chi connectivity index (χ3v) is 5.87. The minimum Gasteiger partial charge on any atom is -0.480 e. The molecule has 3 aromatic heterocycles. The number of alkyl halides is 3. The molecule has 0 spiro atoms. The summed E-state index contributed by atoms with van der Waals surface area (Å²) in [6, 6.07) is 7.15. The van der Waals surface area contributed by atoms with Crippen LogP contribution in [0, 0.1) is 12.7 Å². The van der Waals surface area contributed by atoms with Crippen LogP contribution in [0.2, 0.25) is 0 Å². The van der Waals surface area contributed by atoms with Gasteiger partial charge in [0, 0.05) is 35.5 Å². The fourth-order valence-electron chi connectivity index (χ4n) is 4.05. The van der Waals surface area contributed by atoms with Crippen LogP contribution in [0.1, 0.15) is 47.1 Å². The minimum atomic E-state index is -4.56. The Balaban J connectivity index is 1.41. The van der Waals surface area contributed by atoms with E-state index in [1.165, 1.54) is 19.3 Å². The monoisotopic (exact) mass is 471 g/mol. The topological polar surface area (TPSA) is 68.6 Å². The molecule has 3 heterocycles. The van der Waals surface area contributed by atoms with Crippen molar-refractivity contribution < 1.29 is 22.3 Å². The molecule has 5 rings (SSSR count). The molecular weight excluding hydrogens is 450 g/mol. The summed E-state index contributed by atoms with van der Waals surface area (Å²) in [6.45, 7) is 1.49. The Hall–Kier alpha value is -3.69. The highest BCUT2D eigenvalue weighted by Gasteiger charge is 2.34. The van der Waals surface area contributed by atoms with Gasteiger partial charge in [0.2, 0.25) is 5.88 Å². The van der Waals surface area contributed by atoms with E-state index >= 15 is 0 Å². The summed E-state index contributed by atoms with van der Waals surface area (Å²) in [5, 5.41) is 3.58. The first-order chi connectivity index (χ1) is 16.2. The van der Waals surface area contributed by atoms with Gasteiger partial charge in [-0.2, -0.15) is 18.3 Å². The second-order valence-corrected chi connectivity index (χ2v) is 8.36. The van der Waals surface area contributed by atoms with Crippen molar-refractivity contribution in [2.24, 2.45) is 0 Å². The van der Waals surface area contributed by atoms with Crippen LogP contribution >= 0.6 is 0 Å². The molecular formula is C24H21F4N5O. The largest absolute Gasteiger partial charge is 0.480 e. The van der Waals surface area contributed by atoms with E-state index in [1.807, 2.05) is 12.3 Å². The summed E-state index contributed by atoms with van der Waals surface area (Å²) in [4.78, 5) is 11.9. The summed E-state index contributed by atoms with van der Waals surface area (Å²) < 4.78 is 60.3. The third-order valence-electron chi connectivity index (χ3n) is 5.87. The Morgan fingerprint density at radius 2 is 1.94 bits per heavy atom. The normalized spacial score (nSPS) is 13.9. The van der Waals surface area contributed by atoms with E-state index in [9.17, 15) is 17.6 Å². The van der Waals surface area contributed by atoms with Crippen LogP contribution in [0.25, 0.3) is 16.8 Å². The molecule has 0 saturated heterocycles. The zero-order valence-electron chi connectivity index (χ0n) is 18.4. The van der Waals surface area contributed by atoms with Crippen LogP contribution in [-0.2, 0) is 12.6 Å². The second kappa shape index (κ2) is 8.27. The maximum Gasteiger partial charge on any atom is 0.435 e. The average molecular weight is 471 g/mol. The van der Waals surface area contributed by atoms with Gasteiger partial charge in [-0.3, -0.25) is 0 Å². The van der Waals surface area contributed by atoms with Crippen LogP contribution < -0.4 is 4.74 Å². The van der Waals surface area contributed by atoms with Crippen LogP contribution in [0.5, 0.6) is 5.88 Å². The van der Waals surface area contributed by atoms with E-state index < -0.39 is 17.7 Å². The van der Waals surface area contributed by atoms with Gasteiger partial charge in [0.25, 0.3) is 0 Å². The number of aryl methyl sites for hydroxylation is 1. The number of hydrogen-bond donors (Lipinski definition) is 1. The molecule has 0 amide bonds. The van der Waals surface area contributed by atoms with Crippen LogP contribution in [0.3, 0.4) is 0 Å². The number of methoxy groups -OCH3 is 1. The van der Waals surface area contributed by atoms with Crippen molar-refractivity contribution in [3.05, 3.63) is 77.0 Å². The SMILES string of the molecule is COc1ncnc(C2CC2)c1-c1c[nH]c(Cc2ccc(-n3nc(C(F)(F)F)cc3C)cc2F)c1. The van der Waals surface area contributed by atoms with Crippen molar-refractivity contribution in [1.29, 1.82) is 0 Å². The lowest BCUT2D eigenvalue weighted by molar-refractivity contribution is -0.141. The molecule has 10 heteroatoms. The number of hydrogen-bond acceptors (Lipinski definition) is 4. The Morgan fingerprint density at radius 3 is 2.59 bits per heavy atom. The molecule has 1 N–H and O–H groups in total. The van der Waals surface area contributed by atoms with Gasteiger partial charge in [0.1, 0.15) is 12.1 Å². The van der Waals surface area contributed by atoms with E-state index in [0.29, 0.717) is 17.4 Å². The summed E-state index contributed by atoms with van der Waals surface area (Å²) in [5.41, 5.74) is 3.28.